The van der Waals surface area contributed by atoms with Gasteiger partial charge in [-0.25, -0.2) is 0 Å². The van der Waals surface area contributed by atoms with Crippen LogP contribution in [0.4, 0.5) is 0 Å². The standard InChI is InChI=1S/C32H31N5O5S/c33-30(34)22-15-27(43-20-22)17-35-32(40)28-16-26(42-24-9-5-2-6-10-24)19-37(28)29(38)18-36-31(39)21-11-13-25(14-12-21)41-23-7-3-1-4-8-23/h1-15,20,26,28H,16-19H2,(H3,33,34)(H,35,40)(H,36,39)/t26-,28?/m1/s1. The number of ether oxygens (including phenoxy) is 2. The van der Waals surface area contributed by atoms with Crippen molar-refractivity contribution in [3.05, 3.63) is 112 Å². The van der Waals surface area contributed by atoms with Crippen LogP contribution in [0.2, 0.25) is 0 Å². The Morgan fingerprint density at radius 3 is 2.19 bits per heavy atom. The number of nitrogens with two attached hydrogens (primary N) is 1. The summed E-state index contributed by atoms with van der Waals surface area (Å²) in [5, 5.41) is 14.9. The van der Waals surface area contributed by atoms with Crippen LogP contribution in [-0.2, 0) is 16.1 Å². The van der Waals surface area contributed by atoms with Crippen LogP contribution in [-0.4, -0.2) is 53.7 Å². The van der Waals surface area contributed by atoms with Crippen LogP contribution in [0.1, 0.15) is 27.2 Å². The number of nitrogen functional groups attached to an aromatic ring is 1. The summed E-state index contributed by atoms with van der Waals surface area (Å²) in [6.45, 7) is 0.150. The highest BCUT2D eigenvalue weighted by molar-refractivity contribution is 7.10. The zero-order chi connectivity index (χ0) is 30.2. The van der Waals surface area contributed by atoms with Gasteiger partial charge in [-0.2, -0.15) is 0 Å². The highest BCUT2D eigenvalue weighted by Crippen LogP contribution is 2.24. The molecule has 5 N–H and O–H groups in total. The summed E-state index contributed by atoms with van der Waals surface area (Å²) < 4.78 is 11.8. The molecule has 1 aliphatic heterocycles. The number of carbonyl (C=O) groups is 3. The van der Waals surface area contributed by atoms with E-state index in [0.29, 0.717) is 34.8 Å². The van der Waals surface area contributed by atoms with E-state index in [4.69, 9.17) is 20.6 Å². The number of hydrogen-bond donors (Lipinski definition) is 4. The number of hydrogen-bond acceptors (Lipinski definition) is 7. The third-order valence-electron chi connectivity index (χ3n) is 6.83. The molecule has 0 radical (unpaired) electrons. The largest absolute Gasteiger partial charge is 0.488 e. The Bertz CT molecular complexity index is 1580. The number of carbonyl (C=O) groups excluding carboxylic acids is 3. The molecule has 0 spiro atoms. The Balaban J connectivity index is 1.20. The van der Waals surface area contributed by atoms with E-state index in [1.807, 2.05) is 60.7 Å². The number of amidine groups is 1. The lowest BCUT2D eigenvalue weighted by atomic mass is 10.1. The first-order chi connectivity index (χ1) is 20.9. The topological polar surface area (TPSA) is 147 Å². The molecular formula is C32H31N5O5S. The predicted molar refractivity (Wildman–Crippen MR) is 163 cm³/mol. The van der Waals surface area contributed by atoms with Gasteiger partial charge in [0, 0.05) is 27.8 Å². The molecule has 1 unspecified atom stereocenters. The SMILES string of the molecule is N=C(N)c1csc(CNC(=O)C2C[C@@H](Oc3ccccc3)CN2C(=O)CNC(=O)c2ccc(Oc3ccccc3)cc2)c1. The Hall–Kier alpha value is -5.16. The summed E-state index contributed by atoms with van der Waals surface area (Å²) in [6.07, 6.45) is -0.104. The first kappa shape index (κ1) is 29.3. The summed E-state index contributed by atoms with van der Waals surface area (Å²) in [7, 11) is 0. The number of para-hydroxylation sites is 2. The third kappa shape index (κ3) is 7.77. The summed E-state index contributed by atoms with van der Waals surface area (Å²) in [5.74, 6) is 0.716. The quantitative estimate of drug-likeness (QED) is 0.152. The van der Waals surface area contributed by atoms with Gasteiger partial charge in [-0.1, -0.05) is 36.4 Å². The first-order valence-electron chi connectivity index (χ1n) is 13.7. The second-order valence-electron chi connectivity index (χ2n) is 9.91. The van der Waals surface area contributed by atoms with Crippen molar-refractivity contribution in [3.8, 4) is 17.2 Å². The molecule has 1 saturated heterocycles. The molecule has 3 aromatic carbocycles. The van der Waals surface area contributed by atoms with Gasteiger partial charge in [0.1, 0.15) is 35.2 Å². The summed E-state index contributed by atoms with van der Waals surface area (Å²) >= 11 is 1.39. The molecule has 220 valence electrons. The lowest BCUT2D eigenvalue weighted by molar-refractivity contribution is -0.137. The van der Waals surface area contributed by atoms with Gasteiger partial charge >= 0.3 is 0 Å². The molecule has 2 atom stereocenters. The lowest BCUT2D eigenvalue weighted by Crippen LogP contribution is -2.48. The van der Waals surface area contributed by atoms with Gasteiger partial charge in [0.2, 0.25) is 11.8 Å². The summed E-state index contributed by atoms with van der Waals surface area (Å²) in [5.41, 5.74) is 6.51. The maximum atomic E-state index is 13.3. The van der Waals surface area contributed by atoms with Crippen LogP contribution in [0.25, 0.3) is 0 Å². The van der Waals surface area contributed by atoms with Crippen LogP contribution < -0.4 is 25.8 Å². The highest BCUT2D eigenvalue weighted by atomic mass is 32.1. The van der Waals surface area contributed by atoms with Gasteiger partial charge in [0.25, 0.3) is 5.91 Å². The molecule has 1 fully saturated rings. The van der Waals surface area contributed by atoms with Crippen LogP contribution in [0.3, 0.4) is 0 Å². The van der Waals surface area contributed by atoms with Crippen molar-refractivity contribution in [1.82, 2.24) is 15.5 Å². The highest BCUT2D eigenvalue weighted by Gasteiger charge is 2.40. The molecule has 43 heavy (non-hydrogen) atoms. The monoisotopic (exact) mass is 597 g/mol. The molecule has 0 aliphatic carbocycles. The Morgan fingerprint density at radius 1 is 0.884 bits per heavy atom. The van der Waals surface area contributed by atoms with E-state index in [-0.39, 0.29) is 31.4 Å². The first-order valence-corrected chi connectivity index (χ1v) is 14.6. The molecule has 1 aliphatic rings. The molecule has 10 nitrogen and oxygen atoms in total. The van der Waals surface area contributed by atoms with Gasteiger partial charge in [-0.15, -0.1) is 11.3 Å². The van der Waals surface area contributed by atoms with E-state index < -0.39 is 24.0 Å². The predicted octanol–water partition coefficient (Wildman–Crippen LogP) is 3.92. The fraction of sp³-hybridized carbons (Fsp3) is 0.188. The Morgan fingerprint density at radius 2 is 1.53 bits per heavy atom. The second-order valence-corrected chi connectivity index (χ2v) is 10.9. The second kappa shape index (κ2) is 13.7. The van der Waals surface area contributed by atoms with E-state index in [2.05, 4.69) is 10.6 Å². The maximum absolute atomic E-state index is 13.3. The third-order valence-corrected chi connectivity index (χ3v) is 7.77. The number of benzene rings is 3. The zero-order valence-corrected chi connectivity index (χ0v) is 24.0. The van der Waals surface area contributed by atoms with Crippen molar-refractivity contribution in [1.29, 1.82) is 5.41 Å². The maximum Gasteiger partial charge on any atom is 0.251 e. The Labute approximate surface area is 252 Å². The van der Waals surface area contributed by atoms with E-state index in [1.54, 1.807) is 35.7 Å². The number of nitrogens with one attached hydrogen (secondary N) is 3. The van der Waals surface area contributed by atoms with Gasteiger partial charge in [0.15, 0.2) is 0 Å². The molecule has 5 rings (SSSR count). The van der Waals surface area contributed by atoms with Crippen LogP contribution >= 0.6 is 11.3 Å². The molecule has 11 heteroatoms. The molecule has 1 aromatic heterocycles. The molecule has 0 bridgehead atoms. The van der Waals surface area contributed by atoms with E-state index in [1.165, 1.54) is 16.2 Å². The number of rotatable bonds is 11. The molecule has 4 aromatic rings. The smallest absolute Gasteiger partial charge is 0.251 e. The molecule has 2 heterocycles. The fourth-order valence-electron chi connectivity index (χ4n) is 4.66. The minimum absolute atomic E-state index is 0.0409. The van der Waals surface area contributed by atoms with E-state index in [0.717, 1.165) is 4.88 Å². The van der Waals surface area contributed by atoms with Crippen LogP contribution in [0.5, 0.6) is 17.2 Å². The van der Waals surface area contributed by atoms with Crippen molar-refractivity contribution in [2.24, 2.45) is 5.73 Å². The number of amides is 3. The normalized spacial score (nSPS) is 15.9. The van der Waals surface area contributed by atoms with Gasteiger partial charge in [-0.3, -0.25) is 19.8 Å². The lowest BCUT2D eigenvalue weighted by Gasteiger charge is -2.23. The number of likely N-dealkylation sites (tertiary alicyclic amines) is 1. The number of thiophene rings is 1. The van der Waals surface area contributed by atoms with Crippen molar-refractivity contribution in [2.75, 3.05) is 13.1 Å². The summed E-state index contributed by atoms with van der Waals surface area (Å²) in [6, 6.07) is 26.1. The van der Waals surface area contributed by atoms with E-state index in [9.17, 15) is 14.4 Å². The van der Waals surface area contributed by atoms with Crippen molar-refractivity contribution < 1.29 is 23.9 Å². The van der Waals surface area contributed by atoms with Crippen LogP contribution in [0, 0.1) is 5.41 Å². The average Bonchev–Trinajstić information content (AvgIpc) is 3.68. The average molecular weight is 598 g/mol. The van der Waals surface area contributed by atoms with Gasteiger partial charge in [-0.05, 0) is 54.6 Å². The van der Waals surface area contributed by atoms with E-state index >= 15 is 0 Å². The zero-order valence-electron chi connectivity index (χ0n) is 23.2. The van der Waals surface area contributed by atoms with Gasteiger partial charge < -0.3 is 30.7 Å². The number of nitrogens with zero attached hydrogens (tertiary/aromatic N) is 1. The minimum atomic E-state index is -0.778. The van der Waals surface area contributed by atoms with Crippen molar-refractivity contribution in [3.63, 3.8) is 0 Å². The minimum Gasteiger partial charge on any atom is -0.488 e. The molecule has 0 saturated carbocycles. The molecule has 3 amide bonds. The fourth-order valence-corrected chi connectivity index (χ4v) is 5.49. The van der Waals surface area contributed by atoms with Crippen LogP contribution in [0.15, 0.2) is 96.4 Å². The van der Waals surface area contributed by atoms with Gasteiger partial charge in [0.05, 0.1) is 19.6 Å². The van der Waals surface area contributed by atoms with Crippen molar-refractivity contribution >= 4 is 34.9 Å². The summed E-state index contributed by atoms with van der Waals surface area (Å²) in [4.78, 5) is 41.7. The molecular weight excluding hydrogens is 566 g/mol. The van der Waals surface area contributed by atoms with Crippen molar-refractivity contribution in [2.45, 2.75) is 25.1 Å². The Kier molecular flexibility index (Phi) is 9.33.